The highest BCUT2D eigenvalue weighted by Gasteiger charge is 2.30. The number of rotatable bonds is 4. The standard InChI is InChI=1S/C18H21ClN2O3S/c1-18(2)13-24-12-11-21(18)16-7-5-15(6-8-16)20-25(22,23)17-9-3-14(19)4-10-17/h3-10,20H,11-13H2,1-2H3. The molecule has 1 heterocycles. The van der Waals surface area contributed by atoms with Crippen LogP contribution < -0.4 is 9.62 Å². The Hall–Kier alpha value is -1.76. The van der Waals surface area contributed by atoms with Crippen LogP contribution in [0.15, 0.2) is 53.4 Å². The molecule has 0 amide bonds. The molecule has 1 aliphatic rings. The van der Waals surface area contributed by atoms with E-state index < -0.39 is 10.0 Å². The third kappa shape index (κ3) is 4.08. The van der Waals surface area contributed by atoms with Gasteiger partial charge in [0, 0.05) is 22.9 Å². The van der Waals surface area contributed by atoms with E-state index in [1.165, 1.54) is 12.1 Å². The Morgan fingerprint density at radius 2 is 1.72 bits per heavy atom. The largest absolute Gasteiger partial charge is 0.377 e. The van der Waals surface area contributed by atoms with Crippen LogP contribution in [0.2, 0.25) is 5.02 Å². The van der Waals surface area contributed by atoms with Gasteiger partial charge in [-0.3, -0.25) is 4.72 Å². The number of anilines is 2. The minimum atomic E-state index is -3.63. The highest BCUT2D eigenvalue weighted by atomic mass is 35.5. The third-order valence-electron chi connectivity index (χ3n) is 4.20. The number of benzene rings is 2. The zero-order valence-corrected chi connectivity index (χ0v) is 15.8. The molecular weight excluding hydrogens is 360 g/mol. The van der Waals surface area contributed by atoms with E-state index in [0.29, 0.717) is 23.9 Å². The molecule has 0 spiro atoms. The highest BCUT2D eigenvalue weighted by molar-refractivity contribution is 7.92. The van der Waals surface area contributed by atoms with Gasteiger partial charge in [-0.1, -0.05) is 11.6 Å². The molecule has 0 aliphatic carbocycles. The molecule has 0 unspecified atom stereocenters. The number of nitrogens with zero attached hydrogens (tertiary/aromatic N) is 1. The summed E-state index contributed by atoms with van der Waals surface area (Å²) in [4.78, 5) is 2.45. The maximum absolute atomic E-state index is 12.4. The molecule has 1 saturated heterocycles. The second-order valence-electron chi connectivity index (χ2n) is 6.62. The second-order valence-corrected chi connectivity index (χ2v) is 8.74. The van der Waals surface area contributed by atoms with E-state index in [2.05, 4.69) is 23.5 Å². The molecule has 0 saturated carbocycles. The fraction of sp³-hybridized carbons (Fsp3) is 0.333. The number of hydrogen-bond donors (Lipinski definition) is 1. The van der Waals surface area contributed by atoms with Crippen molar-refractivity contribution in [2.45, 2.75) is 24.3 Å². The number of morpholine rings is 1. The molecule has 25 heavy (non-hydrogen) atoms. The van der Waals surface area contributed by atoms with Crippen molar-refractivity contribution >= 4 is 33.0 Å². The molecule has 2 aromatic carbocycles. The average Bonchev–Trinajstić information content (AvgIpc) is 2.55. The summed E-state index contributed by atoms with van der Waals surface area (Å²) in [6, 6.07) is 13.5. The normalized spacial score (nSPS) is 17.3. The van der Waals surface area contributed by atoms with Gasteiger partial charge >= 0.3 is 0 Å². The van der Waals surface area contributed by atoms with Gasteiger partial charge in [-0.05, 0) is 62.4 Å². The quantitative estimate of drug-likeness (QED) is 0.877. The Kier molecular flexibility index (Phi) is 4.95. The predicted octanol–water partition coefficient (Wildman–Crippen LogP) is 3.76. The first-order valence-electron chi connectivity index (χ1n) is 8.02. The topological polar surface area (TPSA) is 58.6 Å². The molecule has 134 valence electrons. The fourth-order valence-corrected chi connectivity index (χ4v) is 4.06. The molecule has 1 N–H and O–H groups in total. The summed E-state index contributed by atoms with van der Waals surface area (Å²) < 4.78 is 33.0. The lowest BCUT2D eigenvalue weighted by Crippen LogP contribution is -2.53. The van der Waals surface area contributed by atoms with Gasteiger partial charge in [0.25, 0.3) is 10.0 Å². The number of halogens is 1. The van der Waals surface area contributed by atoms with E-state index in [9.17, 15) is 8.42 Å². The van der Waals surface area contributed by atoms with Crippen molar-refractivity contribution in [3.05, 3.63) is 53.6 Å². The number of nitrogens with one attached hydrogen (secondary N) is 1. The third-order valence-corrected chi connectivity index (χ3v) is 5.85. The van der Waals surface area contributed by atoms with Crippen LogP contribution in [0.5, 0.6) is 0 Å². The lowest BCUT2D eigenvalue weighted by atomic mass is 10.0. The maximum Gasteiger partial charge on any atom is 0.261 e. The Bertz CT molecular complexity index is 834. The summed E-state index contributed by atoms with van der Waals surface area (Å²) in [5.74, 6) is 0. The van der Waals surface area contributed by atoms with Crippen LogP contribution in [0.25, 0.3) is 0 Å². The zero-order valence-electron chi connectivity index (χ0n) is 14.2. The fourth-order valence-electron chi connectivity index (χ4n) is 2.87. The lowest BCUT2D eigenvalue weighted by Gasteiger charge is -2.43. The van der Waals surface area contributed by atoms with Crippen LogP contribution in [0.3, 0.4) is 0 Å². The summed E-state index contributed by atoms with van der Waals surface area (Å²) in [5, 5.41) is 0.497. The van der Waals surface area contributed by atoms with Gasteiger partial charge in [0.2, 0.25) is 0 Å². The summed E-state index contributed by atoms with van der Waals surface area (Å²) in [5.41, 5.74) is 1.47. The monoisotopic (exact) mass is 380 g/mol. The number of sulfonamides is 1. The Morgan fingerprint density at radius 1 is 1.08 bits per heavy atom. The lowest BCUT2D eigenvalue weighted by molar-refractivity contribution is 0.0644. The van der Waals surface area contributed by atoms with E-state index in [1.807, 2.05) is 12.1 Å². The van der Waals surface area contributed by atoms with Crippen molar-refractivity contribution < 1.29 is 13.2 Å². The maximum atomic E-state index is 12.4. The smallest absolute Gasteiger partial charge is 0.261 e. The summed E-state index contributed by atoms with van der Waals surface area (Å²) >= 11 is 5.81. The molecule has 0 radical (unpaired) electrons. The van der Waals surface area contributed by atoms with E-state index in [1.54, 1.807) is 24.3 Å². The molecular formula is C18H21ClN2O3S. The van der Waals surface area contributed by atoms with E-state index in [4.69, 9.17) is 16.3 Å². The van der Waals surface area contributed by atoms with Crippen LogP contribution in [0.4, 0.5) is 11.4 Å². The van der Waals surface area contributed by atoms with Crippen molar-refractivity contribution in [1.82, 2.24) is 0 Å². The van der Waals surface area contributed by atoms with Gasteiger partial charge in [0.05, 0.1) is 23.6 Å². The van der Waals surface area contributed by atoms with Crippen molar-refractivity contribution in [1.29, 1.82) is 0 Å². The van der Waals surface area contributed by atoms with Gasteiger partial charge in [0.15, 0.2) is 0 Å². The first kappa shape index (κ1) is 18.0. The Labute approximate surface area is 153 Å². The molecule has 0 aromatic heterocycles. The van der Waals surface area contributed by atoms with Gasteiger partial charge in [0.1, 0.15) is 0 Å². The van der Waals surface area contributed by atoms with Crippen LogP contribution in [-0.4, -0.2) is 33.7 Å². The van der Waals surface area contributed by atoms with E-state index in [-0.39, 0.29) is 10.4 Å². The Balaban J connectivity index is 1.77. The minimum absolute atomic E-state index is 0.0947. The van der Waals surface area contributed by atoms with Crippen LogP contribution in [0.1, 0.15) is 13.8 Å². The predicted molar refractivity (Wildman–Crippen MR) is 101 cm³/mol. The zero-order chi connectivity index (χ0) is 18.1. The molecule has 7 heteroatoms. The minimum Gasteiger partial charge on any atom is -0.377 e. The number of ether oxygens (including phenoxy) is 1. The van der Waals surface area contributed by atoms with Gasteiger partial charge < -0.3 is 9.64 Å². The Morgan fingerprint density at radius 3 is 2.32 bits per heavy atom. The van der Waals surface area contributed by atoms with Crippen molar-refractivity contribution in [2.24, 2.45) is 0 Å². The summed E-state index contributed by atoms with van der Waals surface area (Å²) in [6.07, 6.45) is 0. The first-order valence-corrected chi connectivity index (χ1v) is 9.88. The second kappa shape index (κ2) is 6.86. The van der Waals surface area contributed by atoms with Gasteiger partial charge in [-0.25, -0.2) is 8.42 Å². The van der Waals surface area contributed by atoms with Crippen molar-refractivity contribution in [3.8, 4) is 0 Å². The summed E-state index contributed by atoms with van der Waals surface area (Å²) in [7, 11) is -3.63. The molecule has 3 rings (SSSR count). The molecule has 0 atom stereocenters. The first-order chi connectivity index (χ1) is 11.8. The van der Waals surface area contributed by atoms with Crippen LogP contribution in [0, 0.1) is 0 Å². The molecule has 5 nitrogen and oxygen atoms in total. The molecule has 1 aliphatic heterocycles. The molecule has 0 bridgehead atoms. The molecule has 1 fully saturated rings. The van der Waals surface area contributed by atoms with E-state index >= 15 is 0 Å². The number of hydrogen-bond acceptors (Lipinski definition) is 4. The van der Waals surface area contributed by atoms with Gasteiger partial charge in [-0.2, -0.15) is 0 Å². The van der Waals surface area contributed by atoms with Crippen molar-refractivity contribution in [3.63, 3.8) is 0 Å². The van der Waals surface area contributed by atoms with Crippen LogP contribution >= 0.6 is 11.6 Å². The SMILES string of the molecule is CC1(C)COCCN1c1ccc(NS(=O)(=O)c2ccc(Cl)cc2)cc1. The highest BCUT2D eigenvalue weighted by Crippen LogP contribution is 2.28. The van der Waals surface area contributed by atoms with Crippen LogP contribution in [-0.2, 0) is 14.8 Å². The van der Waals surface area contributed by atoms with Gasteiger partial charge in [-0.15, -0.1) is 0 Å². The van der Waals surface area contributed by atoms with Crippen molar-refractivity contribution in [2.75, 3.05) is 29.4 Å². The average molecular weight is 381 g/mol. The van der Waals surface area contributed by atoms with E-state index in [0.717, 1.165) is 12.2 Å². The molecule has 2 aromatic rings. The summed E-state index contributed by atoms with van der Waals surface area (Å²) in [6.45, 7) is 6.42.